The van der Waals surface area contributed by atoms with Gasteiger partial charge in [0, 0.05) is 23.6 Å². The first-order valence-corrected chi connectivity index (χ1v) is 4.59. The van der Waals surface area contributed by atoms with E-state index in [2.05, 4.69) is 0 Å². The highest BCUT2D eigenvalue weighted by atomic mass is 16.5. The Morgan fingerprint density at radius 3 is 2.93 bits per heavy atom. The number of nitrogens with zero attached hydrogens (tertiary/aromatic N) is 1. The van der Waals surface area contributed by atoms with Crippen molar-refractivity contribution < 1.29 is 9.84 Å². The number of aromatic nitrogens is 1. The molecule has 0 saturated carbocycles. The fourth-order valence-corrected chi connectivity index (χ4v) is 1.61. The molecule has 14 heavy (non-hydrogen) atoms. The van der Waals surface area contributed by atoms with Gasteiger partial charge in [-0.3, -0.25) is 0 Å². The molecule has 0 aliphatic rings. The number of fused-ring (bicyclic) bond motifs is 1. The van der Waals surface area contributed by atoms with Gasteiger partial charge in [0.2, 0.25) is 0 Å². The van der Waals surface area contributed by atoms with Crippen LogP contribution in [0.15, 0.2) is 30.5 Å². The Morgan fingerprint density at radius 1 is 1.36 bits per heavy atom. The van der Waals surface area contributed by atoms with Gasteiger partial charge in [0.15, 0.2) is 0 Å². The van der Waals surface area contributed by atoms with E-state index >= 15 is 0 Å². The van der Waals surface area contributed by atoms with Gasteiger partial charge in [0.05, 0.1) is 13.7 Å². The number of hydrogen-bond donors (Lipinski definition) is 1. The first-order chi connectivity index (χ1) is 6.85. The maximum atomic E-state index is 8.85. The molecule has 2 aromatic rings. The zero-order valence-corrected chi connectivity index (χ0v) is 8.10. The topological polar surface area (TPSA) is 34.4 Å². The molecule has 74 valence electrons. The van der Waals surface area contributed by atoms with Crippen molar-refractivity contribution in [3.05, 3.63) is 30.5 Å². The number of benzene rings is 1. The van der Waals surface area contributed by atoms with Crippen LogP contribution in [0.1, 0.15) is 0 Å². The number of hydrogen-bond acceptors (Lipinski definition) is 2. The van der Waals surface area contributed by atoms with Crippen molar-refractivity contribution in [1.29, 1.82) is 0 Å². The molecule has 1 N–H and O–H groups in total. The van der Waals surface area contributed by atoms with E-state index in [1.54, 1.807) is 7.11 Å². The highest BCUT2D eigenvalue weighted by molar-refractivity contribution is 5.81. The molecule has 0 spiro atoms. The fourth-order valence-electron chi connectivity index (χ4n) is 1.61. The van der Waals surface area contributed by atoms with Gasteiger partial charge in [-0.05, 0) is 24.3 Å². The quantitative estimate of drug-likeness (QED) is 0.800. The lowest BCUT2D eigenvalue weighted by Crippen LogP contribution is -1.99. The highest BCUT2D eigenvalue weighted by Crippen LogP contribution is 2.21. The van der Waals surface area contributed by atoms with Crippen molar-refractivity contribution in [2.75, 3.05) is 13.7 Å². The van der Waals surface area contributed by atoms with Crippen molar-refractivity contribution >= 4 is 10.9 Å². The Hall–Kier alpha value is -1.48. The van der Waals surface area contributed by atoms with E-state index in [4.69, 9.17) is 9.84 Å². The lowest BCUT2D eigenvalue weighted by Gasteiger charge is -2.03. The third kappa shape index (κ3) is 1.46. The maximum absolute atomic E-state index is 8.85. The minimum Gasteiger partial charge on any atom is -0.497 e. The summed E-state index contributed by atoms with van der Waals surface area (Å²) in [6, 6.07) is 7.94. The van der Waals surface area contributed by atoms with Crippen molar-refractivity contribution in [3.63, 3.8) is 0 Å². The van der Waals surface area contributed by atoms with E-state index < -0.39 is 0 Å². The van der Waals surface area contributed by atoms with Crippen LogP contribution in [0, 0.1) is 0 Å². The molecule has 0 aliphatic carbocycles. The van der Waals surface area contributed by atoms with Crippen LogP contribution in [-0.2, 0) is 6.54 Å². The monoisotopic (exact) mass is 191 g/mol. The second-order valence-electron chi connectivity index (χ2n) is 3.16. The molecule has 0 amide bonds. The minimum absolute atomic E-state index is 0.163. The molecule has 0 unspecified atom stereocenters. The van der Waals surface area contributed by atoms with Crippen molar-refractivity contribution in [1.82, 2.24) is 4.57 Å². The van der Waals surface area contributed by atoms with Gasteiger partial charge in [0.25, 0.3) is 0 Å². The summed E-state index contributed by atoms with van der Waals surface area (Å²) in [5, 5.41) is 9.99. The molecule has 1 heterocycles. The van der Waals surface area contributed by atoms with E-state index in [-0.39, 0.29) is 6.61 Å². The van der Waals surface area contributed by atoms with Crippen molar-refractivity contribution in [3.8, 4) is 5.75 Å². The van der Waals surface area contributed by atoms with Gasteiger partial charge in [-0.1, -0.05) is 0 Å². The standard InChI is InChI=1S/C11H13NO2/c1-14-10-2-3-11-9(8-10)4-5-12(11)6-7-13/h2-5,8,13H,6-7H2,1H3. The second-order valence-corrected chi connectivity index (χ2v) is 3.16. The summed E-state index contributed by atoms with van der Waals surface area (Å²) >= 11 is 0. The lowest BCUT2D eigenvalue weighted by molar-refractivity contribution is 0.278. The SMILES string of the molecule is COc1ccc2c(ccn2CCO)c1. The van der Waals surface area contributed by atoms with E-state index in [9.17, 15) is 0 Å². The Kier molecular flexibility index (Phi) is 2.41. The van der Waals surface area contributed by atoms with Crippen LogP contribution < -0.4 is 4.74 Å². The second kappa shape index (κ2) is 3.72. The Labute approximate surface area is 82.5 Å². The summed E-state index contributed by atoms with van der Waals surface area (Å²) in [7, 11) is 1.66. The van der Waals surface area contributed by atoms with Crippen LogP contribution in [0.5, 0.6) is 5.75 Å². The van der Waals surface area contributed by atoms with E-state index in [0.29, 0.717) is 6.54 Å². The van der Waals surface area contributed by atoms with Crippen molar-refractivity contribution in [2.45, 2.75) is 6.54 Å². The van der Waals surface area contributed by atoms with E-state index in [1.165, 1.54) is 0 Å². The van der Waals surface area contributed by atoms with Gasteiger partial charge < -0.3 is 14.4 Å². The molecule has 1 aromatic carbocycles. The minimum atomic E-state index is 0.163. The molecule has 3 nitrogen and oxygen atoms in total. The predicted molar refractivity (Wildman–Crippen MR) is 55.6 cm³/mol. The highest BCUT2D eigenvalue weighted by Gasteiger charge is 2.01. The molecule has 0 fully saturated rings. The first kappa shape index (κ1) is 9.09. The maximum Gasteiger partial charge on any atom is 0.119 e. The van der Waals surface area contributed by atoms with E-state index in [0.717, 1.165) is 16.7 Å². The lowest BCUT2D eigenvalue weighted by atomic mass is 10.2. The van der Waals surface area contributed by atoms with E-state index in [1.807, 2.05) is 35.0 Å². The van der Waals surface area contributed by atoms with Gasteiger partial charge >= 0.3 is 0 Å². The summed E-state index contributed by atoms with van der Waals surface area (Å²) < 4.78 is 7.16. The fraction of sp³-hybridized carbons (Fsp3) is 0.273. The Balaban J connectivity index is 2.48. The third-order valence-electron chi connectivity index (χ3n) is 2.32. The van der Waals surface area contributed by atoms with Crippen LogP contribution in [0.3, 0.4) is 0 Å². The summed E-state index contributed by atoms with van der Waals surface area (Å²) in [6.45, 7) is 0.797. The van der Waals surface area contributed by atoms with Crippen LogP contribution >= 0.6 is 0 Å². The largest absolute Gasteiger partial charge is 0.497 e. The normalized spacial score (nSPS) is 10.7. The van der Waals surface area contributed by atoms with Crippen LogP contribution in [0.25, 0.3) is 10.9 Å². The van der Waals surface area contributed by atoms with Gasteiger partial charge in [-0.15, -0.1) is 0 Å². The number of aliphatic hydroxyl groups excluding tert-OH is 1. The van der Waals surface area contributed by atoms with Crippen LogP contribution in [0.2, 0.25) is 0 Å². The number of methoxy groups -OCH3 is 1. The zero-order valence-electron chi connectivity index (χ0n) is 8.10. The van der Waals surface area contributed by atoms with Crippen LogP contribution in [-0.4, -0.2) is 23.4 Å². The molecule has 1 aromatic heterocycles. The molecular formula is C11H13NO2. The third-order valence-corrected chi connectivity index (χ3v) is 2.32. The summed E-state index contributed by atoms with van der Waals surface area (Å²) in [5.41, 5.74) is 1.12. The Morgan fingerprint density at radius 2 is 2.21 bits per heavy atom. The summed E-state index contributed by atoms with van der Waals surface area (Å²) in [5.74, 6) is 0.860. The molecular weight excluding hydrogens is 178 g/mol. The van der Waals surface area contributed by atoms with Crippen LogP contribution in [0.4, 0.5) is 0 Å². The number of aliphatic hydroxyl groups is 1. The molecule has 0 aliphatic heterocycles. The zero-order chi connectivity index (χ0) is 9.97. The molecule has 2 rings (SSSR count). The molecule has 0 atom stereocenters. The summed E-state index contributed by atoms with van der Waals surface area (Å²) in [6.07, 6.45) is 1.97. The van der Waals surface area contributed by atoms with Gasteiger partial charge in [-0.2, -0.15) is 0 Å². The average Bonchev–Trinajstić information content (AvgIpc) is 2.61. The predicted octanol–water partition coefficient (Wildman–Crippen LogP) is 1.64. The summed E-state index contributed by atoms with van der Waals surface area (Å²) in [4.78, 5) is 0. The smallest absolute Gasteiger partial charge is 0.119 e. The molecule has 0 saturated heterocycles. The molecule has 0 bridgehead atoms. The Bertz CT molecular complexity index is 434. The molecule has 0 radical (unpaired) electrons. The number of rotatable bonds is 3. The van der Waals surface area contributed by atoms with Gasteiger partial charge in [-0.25, -0.2) is 0 Å². The van der Waals surface area contributed by atoms with Crippen molar-refractivity contribution in [2.24, 2.45) is 0 Å². The molecule has 3 heteroatoms. The number of ether oxygens (including phenoxy) is 1. The first-order valence-electron chi connectivity index (χ1n) is 4.59. The van der Waals surface area contributed by atoms with Gasteiger partial charge in [0.1, 0.15) is 5.75 Å². The average molecular weight is 191 g/mol.